The fourth-order valence-corrected chi connectivity index (χ4v) is 1.48. The Bertz CT molecular complexity index is 652. The third kappa shape index (κ3) is 2.77. The standard InChI is InChI=1S/C13H9F2N3O2/c14-8-2-1-3-9(15)11(8)18-13(20)7-4-5-10(12(16)19)17-6-7/h1-6H,(H2,16,19)(H,18,20). The summed E-state index contributed by atoms with van der Waals surface area (Å²) in [6.07, 6.45) is 1.09. The van der Waals surface area contributed by atoms with Crippen molar-refractivity contribution < 1.29 is 18.4 Å². The van der Waals surface area contributed by atoms with Gasteiger partial charge in [0.25, 0.3) is 11.8 Å². The highest BCUT2D eigenvalue weighted by Crippen LogP contribution is 2.18. The van der Waals surface area contributed by atoms with Gasteiger partial charge in [0, 0.05) is 6.20 Å². The molecule has 2 rings (SSSR count). The van der Waals surface area contributed by atoms with Crippen LogP contribution in [0.15, 0.2) is 36.5 Å². The summed E-state index contributed by atoms with van der Waals surface area (Å²) in [5.41, 5.74) is 4.48. The van der Waals surface area contributed by atoms with Crippen molar-refractivity contribution in [2.24, 2.45) is 5.73 Å². The van der Waals surface area contributed by atoms with Gasteiger partial charge < -0.3 is 11.1 Å². The van der Waals surface area contributed by atoms with Crippen molar-refractivity contribution in [3.05, 3.63) is 59.4 Å². The average molecular weight is 277 g/mol. The number of nitrogens with one attached hydrogen (secondary N) is 1. The first-order valence-corrected chi connectivity index (χ1v) is 5.50. The number of nitrogens with zero attached hydrogens (tertiary/aromatic N) is 1. The van der Waals surface area contributed by atoms with Gasteiger partial charge in [0.05, 0.1) is 5.56 Å². The zero-order valence-electron chi connectivity index (χ0n) is 10.1. The van der Waals surface area contributed by atoms with E-state index in [2.05, 4.69) is 10.3 Å². The molecule has 0 fully saturated rings. The number of aromatic nitrogens is 1. The normalized spacial score (nSPS) is 10.1. The molecule has 0 saturated heterocycles. The molecular formula is C13H9F2N3O2. The van der Waals surface area contributed by atoms with E-state index in [4.69, 9.17) is 5.73 Å². The minimum Gasteiger partial charge on any atom is -0.364 e. The molecule has 102 valence electrons. The second kappa shape index (κ2) is 5.43. The third-order valence-electron chi connectivity index (χ3n) is 2.48. The first-order valence-electron chi connectivity index (χ1n) is 5.50. The van der Waals surface area contributed by atoms with Crippen molar-refractivity contribution in [2.45, 2.75) is 0 Å². The van der Waals surface area contributed by atoms with Gasteiger partial charge in [-0.25, -0.2) is 8.78 Å². The highest BCUT2D eigenvalue weighted by Gasteiger charge is 2.14. The molecule has 1 heterocycles. The number of hydrogen-bond acceptors (Lipinski definition) is 3. The summed E-state index contributed by atoms with van der Waals surface area (Å²) in [6.45, 7) is 0. The Morgan fingerprint density at radius 2 is 1.75 bits per heavy atom. The van der Waals surface area contributed by atoms with E-state index in [1.807, 2.05) is 0 Å². The number of benzene rings is 1. The van der Waals surface area contributed by atoms with Crippen LogP contribution in [-0.4, -0.2) is 16.8 Å². The van der Waals surface area contributed by atoms with Gasteiger partial charge in [-0.1, -0.05) is 6.07 Å². The highest BCUT2D eigenvalue weighted by molar-refractivity contribution is 6.04. The molecule has 0 aliphatic rings. The Morgan fingerprint density at radius 1 is 1.10 bits per heavy atom. The lowest BCUT2D eigenvalue weighted by molar-refractivity contribution is 0.0990. The quantitative estimate of drug-likeness (QED) is 0.895. The number of para-hydroxylation sites is 1. The van der Waals surface area contributed by atoms with Crippen LogP contribution in [0.2, 0.25) is 0 Å². The van der Waals surface area contributed by atoms with Gasteiger partial charge in [0.1, 0.15) is 23.0 Å². The topological polar surface area (TPSA) is 85.1 Å². The van der Waals surface area contributed by atoms with Crippen molar-refractivity contribution >= 4 is 17.5 Å². The lowest BCUT2D eigenvalue weighted by Gasteiger charge is -2.07. The van der Waals surface area contributed by atoms with Crippen LogP contribution < -0.4 is 11.1 Å². The minimum absolute atomic E-state index is 0.0152. The smallest absolute Gasteiger partial charge is 0.267 e. The van der Waals surface area contributed by atoms with E-state index < -0.39 is 29.1 Å². The Hall–Kier alpha value is -2.83. The van der Waals surface area contributed by atoms with Crippen LogP contribution in [0.5, 0.6) is 0 Å². The summed E-state index contributed by atoms with van der Waals surface area (Å²) < 4.78 is 26.7. The van der Waals surface area contributed by atoms with Crippen molar-refractivity contribution in [1.82, 2.24) is 4.98 Å². The number of rotatable bonds is 3. The minimum atomic E-state index is -0.889. The van der Waals surface area contributed by atoms with E-state index in [-0.39, 0.29) is 11.3 Å². The molecule has 3 N–H and O–H groups in total. The number of halogens is 2. The van der Waals surface area contributed by atoms with E-state index in [9.17, 15) is 18.4 Å². The summed E-state index contributed by atoms with van der Waals surface area (Å²) in [4.78, 5) is 26.3. The molecule has 0 bridgehead atoms. The van der Waals surface area contributed by atoms with E-state index in [1.54, 1.807) is 0 Å². The van der Waals surface area contributed by atoms with Crippen molar-refractivity contribution in [2.75, 3.05) is 5.32 Å². The van der Waals surface area contributed by atoms with Crippen LogP contribution in [0.1, 0.15) is 20.8 Å². The Kier molecular flexibility index (Phi) is 3.69. The maximum atomic E-state index is 13.4. The molecule has 0 spiro atoms. The second-order valence-corrected chi connectivity index (χ2v) is 3.85. The van der Waals surface area contributed by atoms with Crippen molar-refractivity contribution in [3.8, 4) is 0 Å². The van der Waals surface area contributed by atoms with Crippen LogP contribution in [0.25, 0.3) is 0 Å². The fraction of sp³-hybridized carbons (Fsp3) is 0. The number of carbonyl (C=O) groups is 2. The van der Waals surface area contributed by atoms with Gasteiger partial charge in [-0.15, -0.1) is 0 Å². The van der Waals surface area contributed by atoms with E-state index in [0.29, 0.717) is 0 Å². The third-order valence-corrected chi connectivity index (χ3v) is 2.48. The van der Waals surface area contributed by atoms with E-state index >= 15 is 0 Å². The van der Waals surface area contributed by atoms with Crippen molar-refractivity contribution in [3.63, 3.8) is 0 Å². The molecule has 0 atom stereocenters. The van der Waals surface area contributed by atoms with Crippen LogP contribution in [0.4, 0.5) is 14.5 Å². The zero-order chi connectivity index (χ0) is 14.7. The number of primary amides is 1. The van der Waals surface area contributed by atoms with Gasteiger partial charge in [0.2, 0.25) is 0 Å². The number of anilines is 1. The highest BCUT2D eigenvalue weighted by atomic mass is 19.1. The van der Waals surface area contributed by atoms with E-state index in [0.717, 1.165) is 18.3 Å². The maximum Gasteiger partial charge on any atom is 0.267 e. The second-order valence-electron chi connectivity index (χ2n) is 3.85. The first-order chi connectivity index (χ1) is 9.49. The van der Waals surface area contributed by atoms with Gasteiger partial charge in [-0.3, -0.25) is 14.6 Å². The lowest BCUT2D eigenvalue weighted by Crippen LogP contribution is -2.17. The number of carbonyl (C=O) groups excluding carboxylic acids is 2. The maximum absolute atomic E-state index is 13.4. The molecule has 7 heteroatoms. The summed E-state index contributed by atoms with van der Waals surface area (Å²) in [6, 6.07) is 5.75. The molecule has 2 aromatic rings. The Labute approximate surface area is 112 Å². The summed E-state index contributed by atoms with van der Waals surface area (Å²) in [5.74, 6) is -3.27. The molecule has 0 radical (unpaired) electrons. The van der Waals surface area contributed by atoms with Crippen LogP contribution in [0, 0.1) is 11.6 Å². The van der Waals surface area contributed by atoms with Crippen LogP contribution >= 0.6 is 0 Å². The lowest BCUT2D eigenvalue weighted by atomic mass is 10.2. The van der Waals surface area contributed by atoms with Crippen LogP contribution in [0.3, 0.4) is 0 Å². The molecule has 1 aromatic carbocycles. The molecule has 2 amide bonds. The molecule has 0 saturated carbocycles. The fourth-order valence-electron chi connectivity index (χ4n) is 1.48. The largest absolute Gasteiger partial charge is 0.364 e. The summed E-state index contributed by atoms with van der Waals surface area (Å²) in [5, 5.41) is 2.10. The van der Waals surface area contributed by atoms with Gasteiger partial charge in [-0.2, -0.15) is 0 Å². The van der Waals surface area contributed by atoms with Gasteiger partial charge in [-0.05, 0) is 24.3 Å². The Balaban J connectivity index is 2.22. The number of pyridine rings is 1. The van der Waals surface area contributed by atoms with Crippen molar-refractivity contribution in [1.29, 1.82) is 0 Å². The molecular weight excluding hydrogens is 268 g/mol. The summed E-state index contributed by atoms with van der Waals surface area (Å²) >= 11 is 0. The predicted molar refractivity (Wildman–Crippen MR) is 67.1 cm³/mol. The number of nitrogens with two attached hydrogens (primary N) is 1. The summed E-state index contributed by atoms with van der Waals surface area (Å²) in [7, 11) is 0. The molecule has 20 heavy (non-hydrogen) atoms. The molecule has 5 nitrogen and oxygen atoms in total. The number of amides is 2. The molecule has 0 aliphatic heterocycles. The zero-order valence-corrected chi connectivity index (χ0v) is 10.1. The van der Waals surface area contributed by atoms with Gasteiger partial charge >= 0.3 is 0 Å². The average Bonchev–Trinajstić information content (AvgIpc) is 2.43. The molecule has 1 aromatic heterocycles. The predicted octanol–water partition coefficient (Wildman–Crippen LogP) is 1.71. The van der Waals surface area contributed by atoms with Crippen LogP contribution in [-0.2, 0) is 0 Å². The molecule has 0 unspecified atom stereocenters. The first kappa shape index (κ1) is 13.6. The van der Waals surface area contributed by atoms with E-state index in [1.165, 1.54) is 18.2 Å². The SMILES string of the molecule is NC(=O)c1ccc(C(=O)Nc2c(F)cccc2F)cn1. The Morgan fingerprint density at radius 3 is 2.25 bits per heavy atom. The number of hydrogen-bond donors (Lipinski definition) is 2. The van der Waals surface area contributed by atoms with Gasteiger partial charge in [0.15, 0.2) is 0 Å². The monoisotopic (exact) mass is 277 g/mol. The molecule has 0 aliphatic carbocycles.